The van der Waals surface area contributed by atoms with Gasteiger partial charge in [0.1, 0.15) is 5.82 Å². The van der Waals surface area contributed by atoms with Crippen LogP contribution in [0.5, 0.6) is 0 Å². The molecule has 0 saturated heterocycles. The average molecular weight is 369 g/mol. The fourth-order valence-corrected chi connectivity index (χ4v) is 3.18. The second-order valence-corrected chi connectivity index (χ2v) is 6.77. The Morgan fingerprint density at radius 3 is 2.19 bits per heavy atom. The van der Waals surface area contributed by atoms with Crippen LogP contribution in [0.3, 0.4) is 0 Å². The van der Waals surface area contributed by atoms with Crippen LogP contribution in [0.4, 0.5) is 4.39 Å². The maximum atomic E-state index is 14.0. The molecule has 140 valence electrons. The van der Waals surface area contributed by atoms with Crippen LogP contribution in [-0.4, -0.2) is 54.2 Å². The van der Waals surface area contributed by atoms with Gasteiger partial charge >= 0.3 is 0 Å². The van der Waals surface area contributed by atoms with Crippen molar-refractivity contribution in [2.75, 3.05) is 20.6 Å². The number of rotatable bonds is 6. The van der Waals surface area contributed by atoms with Crippen LogP contribution in [-0.2, 0) is 6.42 Å². The summed E-state index contributed by atoms with van der Waals surface area (Å²) in [4.78, 5) is 39.4. The van der Waals surface area contributed by atoms with E-state index in [4.69, 9.17) is 5.73 Å². The summed E-state index contributed by atoms with van der Waals surface area (Å²) >= 11 is 0. The summed E-state index contributed by atoms with van der Waals surface area (Å²) in [5.41, 5.74) is 6.41. The van der Waals surface area contributed by atoms with Gasteiger partial charge in [-0.05, 0) is 50.3 Å². The smallest absolute Gasteiger partial charge is 0.261 e. The Kier molecular flexibility index (Phi) is 5.05. The number of nitrogens with two attached hydrogens (primary N) is 1. The molecule has 2 N–H and O–H groups in total. The average Bonchev–Trinajstić information content (AvgIpc) is 2.86. The molecule has 1 heterocycles. The van der Waals surface area contributed by atoms with Crippen LogP contribution >= 0.6 is 0 Å². The van der Waals surface area contributed by atoms with Crippen molar-refractivity contribution in [2.24, 2.45) is 5.73 Å². The summed E-state index contributed by atoms with van der Waals surface area (Å²) in [6.45, 7) is 0.179. The lowest BCUT2D eigenvalue weighted by Gasteiger charge is -2.28. The van der Waals surface area contributed by atoms with Crippen molar-refractivity contribution in [2.45, 2.75) is 12.5 Å². The molecule has 0 bridgehead atoms. The fraction of sp³-hybridized carbons (Fsp3) is 0.250. The summed E-state index contributed by atoms with van der Waals surface area (Å²) in [6, 6.07) is 10.7. The van der Waals surface area contributed by atoms with Gasteiger partial charge < -0.3 is 10.6 Å². The van der Waals surface area contributed by atoms with Crippen molar-refractivity contribution in [3.8, 4) is 0 Å². The van der Waals surface area contributed by atoms with Gasteiger partial charge in [-0.2, -0.15) is 0 Å². The lowest BCUT2D eigenvalue weighted by molar-refractivity contribution is 0.0611. The third-order valence-corrected chi connectivity index (χ3v) is 4.77. The van der Waals surface area contributed by atoms with Crippen LogP contribution in [0.1, 0.15) is 36.6 Å². The van der Waals surface area contributed by atoms with Crippen molar-refractivity contribution in [3.05, 3.63) is 70.5 Å². The van der Waals surface area contributed by atoms with Gasteiger partial charge in [-0.25, -0.2) is 4.39 Å². The Morgan fingerprint density at radius 2 is 1.70 bits per heavy atom. The van der Waals surface area contributed by atoms with E-state index < -0.39 is 11.7 Å². The first-order chi connectivity index (χ1) is 12.8. The number of benzene rings is 2. The molecular weight excluding hydrogens is 349 g/mol. The highest BCUT2D eigenvalue weighted by molar-refractivity contribution is 6.21. The zero-order chi connectivity index (χ0) is 19.7. The number of hydrogen-bond donors (Lipinski definition) is 1. The molecular formula is C20H20FN3O3. The molecule has 0 fully saturated rings. The molecule has 0 aliphatic carbocycles. The van der Waals surface area contributed by atoms with Gasteiger partial charge in [0.2, 0.25) is 0 Å². The van der Waals surface area contributed by atoms with E-state index in [1.807, 2.05) is 19.0 Å². The molecule has 3 rings (SSSR count). The number of amides is 3. The van der Waals surface area contributed by atoms with E-state index in [1.165, 1.54) is 17.0 Å². The summed E-state index contributed by atoms with van der Waals surface area (Å²) in [5, 5.41) is 0. The van der Waals surface area contributed by atoms with Gasteiger partial charge in [-0.3, -0.25) is 19.3 Å². The van der Waals surface area contributed by atoms with Crippen molar-refractivity contribution in [1.82, 2.24) is 9.80 Å². The molecule has 0 radical (unpaired) electrons. The monoisotopic (exact) mass is 369 g/mol. The van der Waals surface area contributed by atoms with Crippen LogP contribution in [0.2, 0.25) is 0 Å². The quantitative estimate of drug-likeness (QED) is 0.786. The standard InChI is InChI=1S/C20H20FN3O3/c1-23(2)13(9-12-7-8-16(18(22)25)17(21)10-12)11-24-19(26)14-5-3-4-6-15(14)20(24)27/h3-8,10,13H,9,11H2,1-2H3,(H2,22,25)/t13-/m0/s1. The Hall–Kier alpha value is -3.06. The van der Waals surface area contributed by atoms with E-state index in [0.717, 1.165) is 0 Å². The zero-order valence-electron chi connectivity index (χ0n) is 15.1. The molecule has 0 aromatic heterocycles. The minimum Gasteiger partial charge on any atom is -0.366 e. The van der Waals surface area contributed by atoms with Crippen molar-refractivity contribution in [3.63, 3.8) is 0 Å². The maximum Gasteiger partial charge on any atom is 0.261 e. The Morgan fingerprint density at radius 1 is 1.11 bits per heavy atom. The molecule has 3 amide bonds. The number of fused-ring (bicyclic) bond motifs is 1. The molecule has 2 aromatic carbocycles. The van der Waals surface area contributed by atoms with Gasteiger partial charge in [-0.15, -0.1) is 0 Å². The van der Waals surface area contributed by atoms with Crippen molar-refractivity contribution >= 4 is 17.7 Å². The fourth-order valence-electron chi connectivity index (χ4n) is 3.18. The summed E-state index contributed by atoms with van der Waals surface area (Å²) < 4.78 is 14.0. The normalized spacial score (nSPS) is 14.6. The lowest BCUT2D eigenvalue weighted by Crippen LogP contribution is -2.44. The largest absolute Gasteiger partial charge is 0.366 e. The number of carbonyl (C=O) groups is 3. The number of hydrogen-bond acceptors (Lipinski definition) is 4. The van der Waals surface area contributed by atoms with Crippen LogP contribution in [0.15, 0.2) is 42.5 Å². The molecule has 1 atom stereocenters. The molecule has 0 unspecified atom stereocenters. The molecule has 6 nitrogen and oxygen atoms in total. The summed E-state index contributed by atoms with van der Waals surface area (Å²) in [6.07, 6.45) is 0.399. The number of nitrogens with zero attached hydrogens (tertiary/aromatic N) is 2. The van der Waals surface area contributed by atoms with E-state index >= 15 is 0 Å². The number of halogens is 1. The Labute approximate surface area is 156 Å². The van der Waals surface area contributed by atoms with Crippen LogP contribution in [0.25, 0.3) is 0 Å². The van der Waals surface area contributed by atoms with Crippen molar-refractivity contribution < 1.29 is 18.8 Å². The second-order valence-electron chi connectivity index (χ2n) is 6.77. The van der Waals surface area contributed by atoms with E-state index in [2.05, 4.69) is 0 Å². The van der Waals surface area contributed by atoms with E-state index in [1.54, 1.807) is 30.3 Å². The summed E-state index contributed by atoms with van der Waals surface area (Å²) in [7, 11) is 3.66. The van der Waals surface area contributed by atoms with Crippen LogP contribution < -0.4 is 5.73 Å². The zero-order valence-corrected chi connectivity index (χ0v) is 15.1. The predicted octanol–water partition coefficient (Wildman–Crippen LogP) is 1.69. The third kappa shape index (κ3) is 3.59. The SMILES string of the molecule is CN(C)[C@@H](Cc1ccc(C(N)=O)c(F)c1)CN1C(=O)c2ccccc2C1=O. The highest BCUT2D eigenvalue weighted by Gasteiger charge is 2.36. The minimum atomic E-state index is -0.825. The number of likely N-dealkylation sites (N-methyl/N-ethyl adjacent to an activating group) is 1. The highest BCUT2D eigenvalue weighted by atomic mass is 19.1. The Bertz CT molecular complexity index is 891. The number of carbonyl (C=O) groups excluding carboxylic acids is 3. The first-order valence-corrected chi connectivity index (χ1v) is 8.49. The first kappa shape index (κ1) is 18.7. The maximum absolute atomic E-state index is 14.0. The van der Waals surface area contributed by atoms with E-state index in [-0.39, 0.29) is 30.0 Å². The first-order valence-electron chi connectivity index (χ1n) is 8.49. The van der Waals surface area contributed by atoms with Gasteiger partial charge in [0.05, 0.1) is 16.7 Å². The van der Waals surface area contributed by atoms with Crippen molar-refractivity contribution in [1.29, 1.82) is 0 Å². The lowest BCUT2D eigenvalue weighted by atomic mass is 10.0. The molecule has 1 aliphatic heterocycles. The molecule has 1 aliphatic rings. The minimum absolute atomic E-state index is 0.166. The van der Waals surface area contributed by atoms with E-state index in [0.29, 0.717) is 23.1 Å². The third-order valence-electron chi connectivity index (χ3n) is 4.77. The highest BCUT2D eigenvalue weighted by Crippen LogP contribution is 2.24. The second kappa shape index (κ2) is 7.28. The van der Waals surface area contributed by atoms with Gasteiger partial charge in [0, 0.05) is 12.6 Å². The van der Waals surface area contributed by atoms with Gasteiger partial charge in [0.15, 0.2) is 0 Å². The summed E-state index contributed by atoms with van der Waals surface area (Å²) in [5.74, 6) is -2.15. The Balaban J connectivity index is 1.80. The molecule has 0 saturated carbocycles. The van der Waals surface area contributed by atoms with Gasteiger partial charge in [-0.1, -0.05) is 18.2 Å². The van der Waals surface area contributed by atoms with E-state index in [9.17, 15) is 18.8 Å². The van der Waals surface area contributed by atoms with Crippen LogP contribution in [0, 0.1) is 5.82 Å². The molecule has 2 aromatic rings. The molecule has 27 heavy (non-hydrogen) atoms. The number of imide groups is 1. The topological polar surface area (TPSA) is 83.7 Å². The number of primary amides is 1. The molecule has 7 heteroatoms. The van der Waals surface area contributed by atoms with Gasteiger partial charge in [0.25, 0.3) is 17.7 Å². The molecule has 0 spiro atoms. The predicted molar refractivity (Wildman–Crippen MR) is 97.9 cm³/mol.